The van der Waals surface area contributed by atoms with Crippen molar-refractivity contribution in [1.82, 2.24) is 15.3 Å². The average Bonchev–Trinajstić information content (AvgIpc) is 3.20. The quantitative estimate of drug-likeness (QED) is 0.875. The molecule has 0 spiro atoms. The SMILES string of the molecule is CON1C(=O)c2nnc(NC(=O)C3CC3)cc2C1C. The molecule has 1 saturated carbocycles. The lowest BCUT2D eigenvalue weighted by Crippen LogP contribution is -2.25. The number of aromatic nitrogens is 2. The second kappa shape index (κ2) is 4.27. The molecule has 100 valence electrons. The van der Waals surface area contributed by atoms with Crippen LogP contribution in [-0.4, -0.2) is 34.2 Å². The molecule has 3 rings (SSSR count). The largest absolute Gasteiger partial charge is 0.309 e. The number of hydrogen-bond acceptors (Lipinski definition) is 5. The van der Waals surface area contributed by atoms with Gasteiger partial charge in [-0.25, -0.2) is 5.06 Å². The first-order chi connectivity index (χ1) is 9.11. The fourth-order valence-corrected chi connectivity index (χ4v) is 2.17. The van der Waals surface area contributed by atoms with Crippen LogP contribution in [0.4, 0.5) is 5.82 Å². The predicted molar refractivity (Wildman–Crippen MR) is 65.0 cm³/mol. The third-order valence-electron chi connectivity index (χ3n) is 3.42. The second-order valence-corrected chi connectivity index (χ2v) is 4.79. The van der Waals surface area contributed by atoms with E-state index in [-0.39, 0.29) is 29.5 Å². The lowest BCUT2D eigenvalue weighted by Gasteiger charge is -2.17. The number of anilines is 1. The monoisotopic (exact) mass is 262 g/mol. The first-order valence-corrected chi connectivity index (χ1v) is 6.18. The van der Waals surface area contributed by atoms with Crippen molar-refractivity contribution < 1.29 is 14.4 Å². The van der Waals surface area contributed by atoms with Crippen molar-refractivity contribution in [2.45, 2.75) is 25.8 Å². The molecule has 1 aromatic rings. The van der Waals surface area contributed by atoms with E-state index in [1.54, 1.807) is 6.07 Å². The van der Waals surface area contributed by atoms with E-state index in [1.165, 1.54) is 12.2 Å². The Morgan fingerprint density at radius 1 is 1.47 bits per heavy atom. The third kappa shape index (κ3) is 1.95. The standard InChI is InChI=1S/C12H14N4O3/c1-6-8-5-9(13-11(17)7-3-4-7)14-15-10(8)12(18)16(6)19-2/h5-7H,3-4H2,1-2H3,(H,13,14,17). The Bertz CT molecular complexity index is 556. The molecular formula is C12H14N4O3. The van der Waals surface area contributed by atoms with E-state index < -0.39 is 0 Å². The molecule has 0 radical (unpaired) electrons. The fraction of sp³-hybridized carbons (Fsp3) is 0.500. The van der Waals surface area contributed by atoms with Gasteiger partial charge in [0.25, 0.3) is 5.91 Å². The minimum Gasteiger partial charge on any atom is -0.309 e. The second-order valence-electron chi connectivity index (χ2n) is 4.79. The highest BCUT2D eigenvalue weighted by Crippen LogP contribution is 2.33. The van der Waals surface area contributed by atoms with Gasteiger partial charge in [-0.05, 0) is 25.8 Å². The van der Waals surface area contributed by atoms with Gasteiger partial charge in [-0.1, -0.05) is 0 Å². The van der Waals surface area contributed by atoms with Crippen LogP contribution >= 0.6 is 0 Å². The molecule has 2 aliphatic rings. The maximum absolute atomic E-state index is 11.9. The van der Waals surface area contributed by atoms with E-state index in [2.05, 4.69) is 15.5 Å². The molecule has 7 heteroatoms. The van der Waals surface area contributed by atoms with Gasteiger partial charge >= 0.3 is 0 Å². The van der Waals surface area contributed by atoms with Gasteiger partial charge in [0, 0.05) is 11.5 Å². The number of fused-ring (bicyclic) bond motifs is 1. The summed E-state index contributed by atoms with van der Waals surface area (Å²) in [5, 5.41) is 11.7. The Balaban J connectivity index is 1.86. The number of rotatable bonds is 3. The van der Waals surface area contributed by atoms with Crippen LogP contribution in [0, 0.1) is 5.92 Å². The first kappa shape index (κ1) is 12.0. The lowest BCUT2D eigenvalue weighted by atomic mass is 10.1. The van der Waals surface area contributed by atoms with Crippen molar-refractivity contribution in [1.29, 1.82) is 0 Å². The Hall–Kier alpha value is -2.02. The van der Waals surface area contributed by atoms with E-state index in [1.807, 2.05) is 6.92 Å². The van der Waals surface area contributed by atoms with E-state index in [4.69, 9.17) is 4.84 Å². The van der Waals surface area contributed by atoms with Gasteiger partial charge in [0.1, 0.15) is 0 Å². The summed E-state index contributed by atoms with van der Waals surface area (Å²) in [7, 11) is 1.43. The normalized spacial score (nSPS) is 21.5. The number of hydrogen-bond donors (Lipinski definition) is 1. The molecule has 2 amide bonds. The highest BCUT2D eigenvalue weighted by Gasteiger charge is 2.37. The topological polar surface area (TPSA) is 84.4 Å². The number of nitrogens with zero attached hydrogens (tertiary/aromatic N) is 3. The highest BCUT2D eigenvalue weighted by molar-refractivity contribution is 5.97. The van der Waals surface area contributed by atoms with Crippen molar-refractivity contribution in [3.63, 3.8) is 0 Å². The van der Waals surface area contributed by atoms with E-state index >= 15 is 0 Å². The maximum atomic E-state index is 11.9. The predicted octanol–water partition coefficient (Wildman–Crippen LogP) is 0.903. The zero-order chi connectivity index (χ0) is 13.6. The molecule has 1 aliphatic carbocycles. The molecule has 19 heavy (non-hydrogen) atoms. The van der Waals surface area contributed by atoms with Gasteiger partial charge in [-0.15, -0.1) is 10.2 Å². The number of nitrogens with one attached hydrogen (secondary N) is 1. The summed E-state index contributed by atoms with van der Waals surface area (Å²) in [5.74, 6) is 0.144. The Kier molecular flexibility index (Phi) is 2.70. The van der Waals surface area contributed by atoms with Gasteiger partial charge in [-0.2, -0.15) is 0 Å². The van der Waals surface area contributed by atoms with Gasteiger partial charge in [0.15, 0.2) is 11.5 Å². The van der Waals surface area contributed by atoms with Crippen molar-refractivity contribution in [3.8, 4) is 0 Å². The molecule has 7 nitrogen and oxygen atoms in total. The summed E-state index contributed by atoms with van der Waals surface area (Å²) >= 11 is 0. The third-order valence-corrected chi connectivity index (χ3v) is 3.42. The average molecular weight is 262 g/mol. The minimum absolute atomic E-state index is 0.0326. The Morgan fingerprint density at radius 2 is 2.21 bits per heavy atom. The minimum atomic E-state index is -0.308. The van der Waals surface area contributed by atoms with Crippen molar-refractivity contribution in [2.75, 3.05) is 12.4 Å². The van der Waals surface area contributed by atoms with Crippen LogP contribution < -0.4 is 5.32 Å². The Labute approximate surface area is 109 Å². The van der Waals surface area contributed by atoms with Crippen LogP contribution in [0.3, 0.4) is 0 Å². The summed E-state index contributed by atoms with van der Waals surface area (Å²) in [6, 6.07) is 1.45. The molecular weight excluding hydrogens is 248 g/mol. The van der Waals surface area contributed by atoms with Gasteiger partial charge in [-0.3, -0.25) is 14.4 Å². The molecule has 1 unspecified atom stereocenters. The van der Waals surface area contributed by atoms with Crippen LogP contribution in [-0.2, 0) is 9.63 Å². The maximum Gasteiger partial charge on any atom is 0.298 e. The van der Waals surface area contributed by atoms with Crippen molar-refractivity contribution in [3.05, 3.63) is 17.3 Å². The van der Waals surface area contributed by atoms with Gasteiger partial charge in [0.2, 0.25) is 5.91 Å². The molecule has 1 aliphatic heterocycles. The molecule has 1 fully saturated rings. The van der Waals surface area contributed by atoms with Crippen LogP contribution in [0.2, 0.25) is 0 Å². The summed E-state index contributed by atoms with van der Waals surface area (Å²) < 4.78 is 0. The zero-order valence-corrected chi connectivity index (χ0v) is 10.7. The summed E-state index contributed by atoms with van der Waals surface area (Å²) in [5.41, 5.74) is 0.992. The summed E-state index contributed by atoms with van der Waals surface area (Å²) in [4.78, 5) is 28.6. The van der Waals surface area contributed by atoms with Crippen LogP contribution in [0.25, 0.3) is 0 Å². The lowest BCUT2D eigenvalue weighted by molar-refractivity contribution is -0.117. The van der Waals surface area contributed by atoms with Crippen molar-refractivity contribution >= 4 is 17.6 Å². The zero-order valence-electron chi connectivity index (χ0n) is 10.7. The van der Waals surface area contributed by atoms with Crippen LogP contribution in [0.1, 0.15) is 41.9 Å². The molecule has 0 bridgehead atoms. The molecule has 1 atom stereocenters. The highest BCUT2D eigenvalue weighted by atomic mass is 16.7. The Morgan fingerprint density at radius 3 is 2.84 bits per heavy atom. The van der Waals surface area contributed by atoms with E-state index in [0.717, 1.165) is 12.8 Å². The van der Waals surface area contributed by atoms with Crippen molar-refractivity contribution in [2.24, 2.45) is 5.92 Å². The molecule has 1 N–H and O–H groups in total. The number of carbonyl (C=O) groups is 2. The number of carbonyl (C=O) groups excluding carboxylic acids is 2. The molecule has 2 heterocycles. The van der Waals surface area contributed by atoms with E-state index in [0.29, 0.717) is 11.4 Å². The first-order valence-electron chi connectivity index (χ1n) is 6.18. The van der Waals surface area contributed by atoms with E-state index in [9.17, 15) is 9.59 Å². The van der Waals surface area contributed by atoms with Gasteiger partial charge < -0.3 is 5.32 Å². The summed E-state index contributed by atoms with van der Waals surface area (Å²) in [6.07, 6.45) is 1.85. The summed E-state index contributed by atoms with van der Waals surface area (Å²) in [6.45, 7) is 1.83. The number of amides is 2. The molecule has 0 aromatic carbocycles. The molecule has 1 aromatic heterocycles. The van der Waals surface area contributed by atoms with Crippen LogP contribution in [0.15, 0.2) is 6.07 Å². The van der Waals surface area contributed by atoms with Crippen LogP contribution in [0.5, 0.6) is 0 Å². The van der Waals surface area contributed by atoms with Gasteiger partial charge in [0.05, 0.1) is 13.2 Å². The fourth-order valence-electron chi connectivity index (χ4n) is 2.17. The molecule has 0 saturated heterocycles. The number of hydroxylamine groups is 2. The smallest absolute Gasteiger partial charge is 0.298 e.